The number of Topliss-reactive ketones (excluding diaryl/α,β-unsaturated/α-hetero) is 1. The molecule has 0 amide bonds. The van der Waals surface area contributed by atoms with Crippen LogP contribution in [0.4, 0.5) is 0 Å². The molecule has 0 N–H and O–H groups in total. The molecule has 2 rings (SSSR count). The fourth-order valence-electron chi connectivity index (χ4n) is 2.35. The van der Waals surface area contributed by atoms with Crippen LogP contribution in [-0.4, -0.2) is 12.4 Å². The van der Waals surface area contributed by atoms with Crippen molar-refractivity contribution in [3.63, 3.8) is 0 Å². The Kier molecular flexibility index (Phi) is 5.70. The van der Waals surface area contributed by atoms with Crippen LogP contribution in [0.25, 0.3) is 0 Å². The van der Waals surface area contributed by atoms with Gasteiger partial charge in [-0.2, -0.15) is 0 Å². The summed E-state index contributed by atoms with van der Waals surface area (Å²) in [6, 6.07) is 9.67. The van der Waals surface area contributed by atoms with Gasteiger partial charge in [-0.15, -0.1) is 0 Å². The SMILES string of the molecule is CCOC(C(=O)C1=CC=CC(CC)C=C1)c1ccccc1. The van der Waals surface area contributed by atoms with Crippen molar-refractivity contribution in [1.29, 1.82) is 0 Å². The van der Waals surface area contributed by atoms with Gasteiger partial charge in [0.15, 0.2) is 5.78 Å². The molecule has 0 heterocycles. The molecule has 2 unspecified atom stereocenters. The number of ketones is 1. The van der Waals surface area contributed by atoms with Crippen molar-refractivity contribution in [1.82, 2.24) is 0 Å². The highest BCUT2D eigenvalue weighted by atomic mass is 16.5. The molecule has 2 heteroatoms. The lowest BCUT2D eigenvalue weighted by Crippen LogP contribution is -2.17. The molecule has 0 aliphatic heterocycles. The molecule has 0 aromatic heterocycles. The van der Waals surface area contributed by atoms with Gasteiger partial charge in [0.1, 0.15) is 6.10 Å². The lowest BCUT2D eigenvalue weighted by atomic mass is 9.98. The van der Waals surface area contributed by atoms with Crippen molar-refractivity contribution in [2.24, 2.45) is 5.92 Å². The Balaban J connectivity index is 2.24. The van der Waals surface area contributed by atoms with E-state index in [1.807, 2.05) is 55.5 Å². The van der Waals surface area contributed by atoms with Crippen molar-refractivity contribution in [3.05, 3.63) is 71.8 Å². The lowest BCUT2D eigenvalue weighted by molar-refractivity contribution is -0.126. The van der Waals surface area contributed by atoms with Crippen LogP contribution < -0.4 is 0 Å². The number of carbonyl (C=O) groups is 1. The zero-order valence-corrected chi connectivity index (χ0v) is 12.7. The van der Waals surface area contributed by atoms with Gasteiger partial charge in [-0.25, -0.2) is 0 Å². The van der Waals surface area contributed by atoms with Crippen LogP contribution in [0.2, 0.25) is 0 Å². The number of ether oxygens (including phenoxy) is 1. The number of allylic oxidation sites excluding steroid dienone is 5. The zero-order valence-electron chi connectivity index (χ0n) is 12.7. The van der Waals surface area contributed by atoms with E-state index in [1.165, 1.54) is 0 Å². The van der Waals surface area contributed by atoms with E-state index in [1.54, 1.807) is 0 Å². The van der Waals surface area contributed by atoms with Crippen LogP contribution in [0.3, 0.4) is 0 Å². The lowest BCUT2D eigenvalue weighted by Gasteiger charge is -2.16. The average Bonchev–Trinajstić information content (AvgIpc) is 2.78. The van der Waals surface area contributed by atoms with Gasteiger partial charge in [-0.05, 0) is 24.8 Å². The Bertz CT molecular complexity index is 552. The maximum Gasteiger partial charge on any atom is 0.196 e. The van der Waals surface area contributed by atoms with E-state index < -0.39 is 6.10 Å². The molecular weight excluding hydrogens is 260 g/mol. The molecule has 0 saturated carbocycles. The topological polar surface area (TPSA) is 26.3 Å². The third kappa shape index (κ3) is 4.02. The molecule has 1 aromatic carbocycles. The third-order valence-electron chi connectivity index (χ3n) is 3.59. The number of benzene rings is 1. The van der Waals surface area contributed by atoms with Gasteiger partial charge in [0, 0.05) is 12.2 Å². The fraction of sp³-hybridized carbons (Fsp3) is 0.316. The van der Waals surface area contributed by atoms with Crippen molar-refractivity contribution in [2.75, 3.05) is 6.61 Å². The molecule has 1 aliphatic carbocycles. The molecular formula is C19H22O2. The first kappa shape index (κ1) is 15.5. The van der Waals surface area contributed by atoms with E-state index in [0.29, 0.717) is 18.1 Å². The first-order valence-electron chi connectivity index (χ1n) is 7.53. The summed E-state index contributed by atoms with van der Waals surface area (Å²) >= 11 is 0. The van der Waals surface area contributed by atoms with Gasteiger partial charge in [0.2, 0.25) is 0 Å². The molecule has 0 saturated heterocycles. The first-order valence-corrected chi connectivity index (χ1v) is 7.53. The van der Waals surface area contributed by atoms with Gasteiger partial charge < -0.3 is 4.74 Å². The summed E-state index contributed by atoms with van der Waals surface area (Å²) in [5.41, 5.74) is 1.60. The molecule has 0 radical (unpaired) electrons. The Morgan fingerprint density at radius 3 is 2.62 bits per heavy atom. The van der Waals surface area contributed by atoms with Gasteiger partial charge >= 0.3 is 0 Å². The van der Waals surface area contributed by atoms with Gasteiger partial charge in [-0.1, -0.05) is 67.6 Å². The molecule has 1 aliphatic rings. The van der Waals surface area contributed by atoms with E-state index in [9.17, 15) is 4.79 Å². The third-order valence-corrected chi connectivity index (χ3v) is 3.59. The molecule has 0 spiro atoms. The standard InChI is InChI=1S/C19H22O2/c1-3-15-9-8-12-16(14-13-15)18(20)19(21-4-2)17-10-6-5-7-11-17/h5-15,19H,3-4H2,1-2H3. The van der Waals surface area contributed by atoms with Crippen LogP contribution in [0.1, 0.15) is 31.9 Å². The maximum atomic E-state index is 12.8. The highest BCUT2D eigenvalue weighted by Gasteiger charge is 2.23. The Morgan fingerprint density at radius 1 is 1.19 bits per heavy atom. The number of hydrogen-bond acceptors (Lipinski definition) is 2. The van der Waals surface area contributed by atoms with E-state index in [0.717, 1.165) is 12.0 Å². The smallest absolute Gasteiger partial charge is 0.196 e. The minimum absolute atomic E-state index is 0.0145. The van der Waals surface area contributed by atoms with E-state index in [-0.39, 0.29) is 5.78 Å². The van der Waals surface area contributed by atoms with E-state index in [4.69, 9.17) is 4.74 Å². The summed E-state index contributed by atoms with van der Waals surface area (Å²) in [5.74, 6) is 0.412. The minimum atomic E-state index is -0.529. The normalized spacial score (nSPS) is 19.0. The summed E-state index contributed by atoms with van der Waals surface area (Å²) in [6.07, 6.45) is 10.5. The van der Waals surface area contributed by atoms with Crippen LogP contribution in [0, 0.1) is 5.92 Å². The molecule has 110 valence electrons. The second-order valence-corrected chi connectivity index (χ2v) is 5.05. The minimum Gasteiger partial charge on any atom is -0.366 e. The largest absolute Gasteiger partial charge is 0.366 e. The van der Waals surface area contributed by atoms with Crippen LogP contribution in [-0.2, 0) is 9.53 Å². The molecule has 21 heavy (non-hydrogen) atoms. The summed E-state index contributed by atoms with van der Waals surface area (Å²) < 4.78 is 5.69. The molecule has 2 atom stereocenters. The summed E-state index contributed by atoms with van der Waals surface area (Å²) in [4.78, 5) is 12.8. The zero-order chi connectivity index (χ0) is 15.1. The molecule has 0 bridgehead atoms. The van der Waals surface area contributed by atoms with E-state index in [2.05, 4.69) is 19.1 Å². The molecule has 0 fully saturated rings. The predicted molar refractivity (Wildman–Crippen MR) is 86.0 cm³/mol. The van der Waals surface area contributed by atoms with Crippen molar-refractivity contribution in [3.8, 4) is 0 Å². The quantitative estimate of drug-likeness (QED) is 0.772. The van der Waals surface area contributed by atoms with Crippen molar-refractivity contribution < 1.29 is 9.53 Å². The van der Waals surface area contributed by atoms with Crippen LogP contribution in [0.15, 0.2) is 66.3 Å². The number of rotatable bonds is 6. The fourth-order valence-corrected chi connectivity index (χ4v) is 2.35. The molecule has 2 nitrogen and oxygen atoms in total. The Hall–Kier alpha value is -1.93. The Morgan fingerprint density at radius 2 is 1.95 bits per heavy atom. The monoisotopic (exact) mass is 282 g/mol. The van der Waals surface area contributed by atoms with E-state index >= 15 is 0 Å². The summed E-state index contributed by atoms with van der Waals surface area (Å²) in [6.45, 7) is 4.56. The summed E-state index contributed by atoms with van der Waals surface area (Å²) in [5, 5.41) is 0. The van der Waals surface area contributed by atoms with Crippen molar-refractivity contribution in [2.45, 2.75) is 26.4 Å². The van der Waals surface area contributed by atoms with Crippen molar-refractivity contribution >= 4 is 5.78 Å². The molecule has 1 aromatic rings. The van der Waals surface area contributed by atoms with Gasteiger partial charge in [0.25, 0.3) is 0 Å². The average molecular weight is 282 g/mol. The highest BCUT2D eigenvalue weighted by Crippen LogP contribution is 2.24. The highest BCUT2D eigenvalue weighted by molar-refractivity contribution is 6.02. The van der Waals surface area contributed by atoms with Gasteiger partial charge in [-0.3, -0.25) is 4.79 Å². The van der Waals surface area contributed by atoms with Crippen LogP contribution >= 0.6 is 0 Å². The summed E-state index contributed by atoms with van der Waals surface area (Å²) in [7, 11) is 0. The second-order valence-electron chi connectivity index (χ2n) is 5.05. The maximum absolute atomic E-state index is 12.8. The van der Waals surface area contributed by atoms with Gasteiger partial charge in [0.05, 0.1) is 0 Å². The van der Waals surface area contributed by atoms with Crippen LogP contribution in [0.5, 0.6) is 0 Å². The number of hydrogen-bond donors (Lipinski definition) is 0. The predicted octanol–water partition coefficient (Wildman–Crippen LogP) is 4.41. The Labute approximate surface area is 126 Å². The second kappa shape index (κ2) is 7.75. The number of carbonyl (C=O) groups excluding carboxylic acids is 1. The first-order chi connectivity index (χ1) is 10.3.